The Hall–Kier alpha value is -2.59. The molecule has 0 bridgehead atoms. The van der Waals surface area contributed by atoms with Gasteiger partial charge in [0.05, 0.1) is 30.4 Å². The fourth-order valence-electron chi connectivity index (χ4n) is 16.8. The lowest BCUT2D eigenvalue weighted by atomic mass is 9.69. The molecule has 0 spiro atoms. The third kappa shape index (κ3) is 6.07. The summed E-state index contributed by atoms with van der Waals surface area (Å²) < 4.78 is 6.58. The molecule has 4 saturated carbocycles. The van der Waals surface area contributed by atoms with Crippen LogP contribution in [-0.2, 0) is 4.74 Å². The van der Waals surface area contributed by atoms with Gasteiger partial charge in [-0.25, -0.2) is 0 Å². The van der Waals surface area contributed by atoms with E-state index in [0.717, 1.165) is 42.9 Å². The summed E-state index contributed by atoms with van der Waals surface area (Å²) >= 11 is 0. The van der Waals surface area contributed by atoms with E-state index in [1.807, 2.05) is 0 Å². The van der Waals surface area contributed by atoms with Crippen molar-refractivity contribution >= 4 is 0 Å². The summed E-state index contributed by atoms with van der Waals surface area (Å²) in [6.07, 6.45) is 45.4. The highest BCUT2D eigenvalue weighted by molar-refractivity contribution is 5.41. The molecule has 8 aliphatic carbocycles. The zero-order valence-electron chi connectivity index (χ0n) is 36.4. The molecular weight excluding hydrogens is 723 g/mol. The van der Waals surface area contributed by atoms with Crippen LogP contribution in [0, 0.1) is 58.7 Å². The lowest BCUT2D eigenvalue weighted by Gasteiger charge is -2.61. The monoisotopic (exact) mass is 796 g/mol. The van der Waals surface area contributed by atoms with E-state index in [0.29, 0.717) is 54.1 Å². The highest BCUT2D eigenvalue weighted by Crippen LogP contribution is 2.57. The topological polar surface area (TPSA) is 54.8 Å². The second kappa shape index (κ2) is 15.3. The first-order valence-corrected chi connectivity index (χ1v) is 25.4. The minimum atomic E-state index is -0.0837. The Balaban J connectivity index is 0.954. The summed E-state index contributed by atoms with van der Waals surface area (Å²) in [7, 11) is 0. The van der Waals surface area contributed by atoms with Crippen LogP contribution >= 0.6 is 0 Å². The molecule has 4 heterocycles. The fraction of sp³-hybridized carbons (Fsp3) is 0.755. The SMILES string of the molecule is CC1CCCC2C3CCCC(C)C3N(C3CC(N4C5=C(CCC=C5)C5CCCCC54)C(C#N)C=C3C3NC(C4C=C5C(CC4)OC4=CC=CCC45)N3C3CCCCC3)C12. The number of hydrogen-bond acceptors (Lipinski definition) is 6. The van der Waals surface area contributed by atoms with E-state index < -0.39 is 0 Å². The van der Waals surface area contributed by atoms with Gasteiger partial charge >= 0.3 is 0 Å². The molecule has 16 unspecified atom stereocenters. The van der Waals surface area contributed by atoms with Gasteiger partial charge in [0, 0.05) is 53.7 Å². The molecular formula is C53H73N5O. The molecule has 0 amide bonds. The summed E-state index contributed by atoms with van der Waals surface area (Å²) in [4.78, 5) is 9.23. The first kappa shape index (κ1) is 38.1. The van der Waals surface area contributed by atoms with Gasteiger partial charge in [-0.15, -0.1) is 0 Å². The van der Waals surface area contributed by atoms with Crippen molar-refractivity contribution in [1.82, 2.24) is 20.0 Å². The largest absolute Gasteiger partial charge is 0.490 e. The molecule has 3 saturated heterocycles. The number of nitriles is 1. The Bertz CT molecular complexity index is 1850. The van der Waals surface area contributed by atoms with Gasteiger partial charge in [0.2, 0.25) is 0 Å². The lowest BCUT2D eigenvalue weighted by molar-refractivity contribution is -0.0888. The van der Waals surface area contributed by atoms with Gasteiger partial charge in [-0.2, -0.15) is 5.26 Å². The van der Waals surface area contributed by atoms with E-state index in [-0.39, 0.29) is 24.2 Å². The second-order valence-corrected chi connectivity index (χ2v) is 22.0. The van der Waals surface area contributed by atoms with E-state index in [1.54, 1.807) is 22.4 Å². The number of hydrogen-bond donors (Lipinski definition) is 1. The van der Waals surface area contributed by atoms with Crippen LogP contribution in [0.2, 0.25) is 0 Å². The second-order valence-electron chi connectivity index (χ2n) is 22.0. The van der Waals surface area contributed by atoms with Crippen molar-refractivity contribution in [2.24, 2.45) is 47.3 Å². The normalized spacial score (nSPS) is 47.0. The standard InChI is InChI=1S/C53H73N5O/c1-32-14-12-21-40-41-22-13-15-33(2)51(41)58(50(32)40)47-30-46(57-44-23-9-6-18-37(44)38-19-7-10-24-45(38)57)35(31-54)29-43(47)53-55-52(56(53)36-16-4-3-5-17-36)34-26-27-49-42(28-34)39-20-8-11-25-48(39)59-49/h8-9,11,23,25,28-29,32-36,38-41,45-47,49-53,55H,3-7,10,12-22,24,26-27,30H2,1-2H3. The third-order valence-electron chi connectivity index (χ3n) is 19.2. The number of likely N-dealkylation sites (tertiary alicyclic amines) is 1. The summed E-state index contributed by atoms with van der Waals surface area (Å²) in [5.74, 6) is 5.93. The molecule has 16 atom stereocenters. The molecule has 1 N–H and O–H groups in total. The van der Waals surface area contributed by atoms with Crippen molar-refractivity contribution in [3.63, 3.8) is 0 Å². The van der Waals surface area contributed by atoms with Crippen molar-refractivity contribution in [2.75, 3.05) is 0 Å². The molecule has 12 aliphatic rings. The Morgan fingerprint density at radius 1 is 0.763 bits per heavy atom. The first-order valence-electron chi connectivity index (χ1n) is 25.4. The quantitative estimate of drug-likeness (QED) is 0.280. The Morgan fingerprint density at radius 3 is 2.34 bits per heavy atom. The molecule has 0 aromatic heterocycles. The maximum atomic E-state index is 11.4. The summed E-state index contributed by atoms with van der Waals surface area (Å²) in [5, 5.41) is 15.9. The van der Waals surface area contributed by atoms with E-state index in [9.17, 15) is 5.26 Å². The van der Waals surface area contributed by atoms with Crippen molar-refractivity contribution in [1.29, 1.82) is 5.26 Å². The van der Waals surface area contributed by atoms with Crippen LogP contribution in [0.3, 0.4) is 0 Å². The molecule has 6 heteroatoms. The smallest absolute Gasteiger partial charge is 0.120 e. The number of ether oxygens (including phenoxy) is 1. The predicted octanol–water partition coefficient (Wildman–Crippen LogP) is 10.7. The van der Waals surface area contributed by atoms with Crippen molar-refractivity contribution in [2.45, 2.75) is 203 Å². The molecule has 59 heavy (non-hydrogen) atoms. The lowest BCUT2D eigenvalue weighted by Crippen LogP contribution is -2.76. The van der Waals surface area contributed by atoms with Crippen molar-refractivity contribution in [3.05, 3.63) is 70.7 Å². The molecule has 316 valence electrons. The van der Waals surface area contributed by atoms with Crippen LogP contribution in [0.15, 0.2) is 70.7 Å². The molecule has 0 radical (unpaired) electrons. The average molecular weight is 796 g/mol. The van der Waals surface area contributed by atoms with Gasteiger partial charge < -0.3 is 9.64 Å². The zero-order chi connectivity index (χ0) is 39.4. The summed E-state index contributed by atoms with van der Waals surface area (Å²) in [6.45, 7) is 5.27. The summed E-state index contributed by atoms with van der Waals surface area (Å²) in [6, 6.07) is 6.23. The van der Waals surface area contributed by atoms with Crippen LogP contribution in [0.4, 0.5) is 0 Å². The van der Waals surface area contributed by atoms with E-state index >= 15 is 0 Å². The van der Waals surface area contributed by atoms with Crippen molar-refractivity contribution < 1.29 is 4.74 Å². The molecule has 7 fully saturated rings. The first-order chi connectivity index (χ1) is 29.1. The van der Waals surface area contributed by atoms with Crippen LogP contribution in [0.1, 0.15) is 149 Å². The van der Waals surface area contributed by atoms with Crippen LogP contribution in [-0.4, -0.2) is 69.4 Å². The van der Waals surface area contributed by atoms with Crippen LogP contribution in [0.5, 0.6) is 0 Å². The minimum Gasteiger partial charge on any atom is -0.490 e. The number of rotatable bonds is 5. The third-order valence-corrected chi connectivity index (χ3v) is 19.2. The maximum absolute atomic E-state index is 11.4. The molecule has 6 nitrogen and oxygen atoms in total. The average Bonchev–Trinajstić information content (AvgIpc) is 3.92. The van der Waals surface area contributed by atoms with Gasteiger partial charge in [-0.1, -0.05) is 89.2 Å². The van der Waals surface area contributed by atoms with Crippen LogP contribution < -0.4 is 5.32 Å². The predicted molar refractivity (Wildman–Crippen MR) is 235 cm³/mol. The minimum absolute atomic E-state index is 0.0837. The highest BCUT2D eigenvalue weighted by atomic mass is 16.5. The maximum Gasteiger partial charge on any atom is 0.120 e. The number of nitrogens with zero attached hydrogens (tertiary/aromatic N) is 4. The van der Waals surface area contributed by atoms with Crippen molar-refractivity contribution in [3.8, 4) is 6.07 Å². The number of allylic oxidation sites excluding steroid dienone is 6. The van der Waals surface area contributed by atoms with Gasteiger partial charge in [0.1, 0.15) is 11.9 Å². The van der Waals surface area contributed by atoms with Gasteiger partial charge in [-0.3, -0.25) is 15.1 Å². The fourth-order valence-corrected chi connectivity index (χ4v) is 16.8. The molecule has 0 aromatic rings. The van der Waals surface area contributed by atoms with Gasteiger partial charge in [-0.05, 0) is 142 Å². The zero-order valence-corrected chi connectivity index (χ0v) is 36.4. The van der Waals surface area contributed by atoms with E-state index in [1.165, 1.54) is 121 Å². The molecule has 12 rings (SSSR count). The summed E-state index contributed by atoms with van der Waals surface area (Å²) in [5.41, 5.74) is 6.46. The van der Waals surface area contributed by atoms with E-state index in [2.05, 4.69) is 82.5 Å². The number of fused-ring (bicyclic) bond motifs is 8. The molecule has 0 aromatic carbocycles. The Kier molecular flexibility index (Phi) is 9.91. The highest BCUT2D eigenvalue weighted by Gasteiger charge is 2.60. The van der Waals surface area contributed by atoms with E-state index in [4.69, 9.17) is 4.74 Å². The Morgan fingerprint density at radius 2 is 1.54 bits per heavy atom. The molecule has 4 aliphatic heterocycles. The van der Waals surface area contributed by atoms with Crippen LogP contribution in [0.25, 0.3) is 0 Å². The number of nitrogens with one attached hydrogen (secondary N) is 1. The van der Waals surface area contributed by atoms with Gasteiger partial charge in [0.25, 0.3) is 0 Å². The Labute approximate surface area is 356 Å². The van der Waals surface area contributed by atoms with Gasteiger partial charge in [0.15, 0.2) is 0 Å².